The molecule has 2 heterocycles. The third-order valence-corrected chi connectivity index (χ3v) is 2.72. The van der Waals surface area contributed by atoms with Gasteiger partial charge in [0.2, 0.25) is 0 Å². The van der Waals surface area contributed by atoms with Crippen LogP contribution in [0.5, 0.6) is 5.75 Å². The summed E-state index contributed by atoms with van der Waals surface area (Å²) >= 11 is 0. The zero-order valence-electron chi connectivity index (χ0n) is 9.66. The Morgan fingerprint density at radius 1 is 1.44 bits per heavy atom. The number of carbonyl (C=O) groups excluding carboxylic acids is 1. The molecular weight excluding hydrogens is 233 g/mol. The molecule has 0 unspecified atom stereocenters. The van der Waals surface area contributed by atoms with Crippen LogP contribution < -0.4 is 10.4 Å². The van der Waals surface area contributed by atoms with Crippen molar-refractivity contribution in [2.75, 3.05) is 7.11 Å². The molecule has 18 heavy (non-hydrogen) atoms. The fraction of sp³-hybridized carbons (Fsp3) is 0.0909. The standard InChI is InChI=1S/C11H10BN3O3/c1-17-15-10(16)8-4-2-3-5-9(8)18-12(15)11-13-6-7-14-11/h2-7H,1H3,(H,13,14). The molecular formula is C11H10BN3O3. The maximum absolute atomic E-state index is 12.2. The topological polar surface area (TPSA) is 67.4 Å². The molecule has 2 aromatic rings. The highest BCUT2D eigenvalue weighted by molar-refractivity contribution is 6.66. The molecule has 0 aliphatic carbocycles. The molecule has 0 atom stereocenters. The van der Waals surface area contributed by atoms with E-state index in [2.05, 4.69) is 9.97 Å². The summed E-state index contributed by atoms with van der Waals surface area (Å²) in [6.45, 7) is 0. The Bertz CT molecular complexity index is 573. The third-order valence-electron chi connectivity index (χ3n) is 2.72. The number of benzene rings is 1. The van der Waals surface area contributed by atoms with Crippen LogP contribution in [0.4, 0.5) is 0 Å². The Morgan fingerprint density at radius 3 is 3.00 bits per heavy atom. The van der Waals surface area contributed by atoms with E-state index >= 15 is 0 Å². The first-order valence-corrected chi connectivity index (χ1v) is 5.44. The van der Waals surface area contributed by atoms with E-state index in [0.717, 1.165) is 4.97 Å². The van der Waals surface area contributed by atoms with Gasteiger partial charge in [0, 0.05) is 12.4 Å². The Balaban J connectivity index is 2.06. The van der Waals surface area contributed by atoms with Gasteiger partial charge in [-0.2, -0.15) is 0 Å². The number of carbonyl (C=O) groups is 1. The molecule has 0 saturated heterocycles. The van der Waals surface area contributed by atoms with Gasteiger partial charge >= 0.3 is 7.05 Å². The Hall–Kier alpha value is -2.28. The molecule has 7 heteroatoms. The molecule has 3 rings (SSSR count). The van der Waals surface area contributed by atoms with Crippen molar-refractivity contribution in [3.05, 3.63) is 42.2 Å². The quantitative estimate of drug-likeness (QED) is 0.765. The van der Waals surface area contributed by atoms with E-state index in [1.54, 1.807) is 30.6 Å². The van der Waals surface area contributed by atoms with Crippen LogP contribution in [-0.2, 0) is 4.84 Å². The molecule has 0 bridgehead atoms. The molecule has 1 aliphatic heterocycles. The van der Waals surface area contributed by atoms with Crippen LogP contribution in [0.1, 0.15) is 10.4 Å². The predicted molar refractivity (Wildman–Crippen MR) is 64.2 cm³/mol. The smallest absolute Gasteiger partial charge is 0.534 e. The highest BCUT2D eigenvalue weighted by Crippen LogP contribution is 2.25. The summed E-state index contributed by atoms with van der Waals surface area (Å²) < 4.78 is 5.74. The van der Waals surface area contributed by atoms with Gasteiger partial charge in [0.05, 0.1) is 12.7 Å². The highest BCUT2D eigenvalue weighted by Gasteiger charge is 2.43. The Kier molecular flexibility index (Phi) is 2.53. The first-order chi connectivity index (χ1) is 8.81. The van der Waals surface area contributed by atoms with Crippen molar-refractivity contribution < 1.29 is 14.3 Å². The normalized spacial score (nSPS) is 14.4. The number of aromatic amines is 1. The van der Waals surface area contributed by atoms with Crippen LogP contribution in [0.3, 0.4) is 0 Å². The van der Waals surface area contributed by atoms with E-state index < -0.39 is 7.05 Å². The van der Waals surface area contributed by atoms with Gasteiger partial charge in [-0.1, -0.05) is 12.1 Å². The predicted octanol–water partition coefficient (Wildman–Crippen LogP) is 0.201. The van der Waals surface area contributed by atoms with Crippen LogP contribution in [0.25, 0.3) is 0 Å². The molecule has 1 N–H and O–H groups in total. The molecule has 0 fully saturated rings. The van der Waals surface area contributed by atoms with Crippen molar-refractivity contribution in [1.82, 2.24) is 14.9 Å². The number of imidazole rings is 1. The van der Waals surface area contributed by atoms with Gasteiger partial charge in [-0.25, -0.2) is 9.96 Å². The molecule has 0 radical (unpaired) electrons. The fourth-order valence-electron chi connectivity index (χ4n) is 1.90. The second-order valence-corrected chi connectivity index (χ2v) is 3.75. The van der Waals surface area contributed by atoms with Crippen molar-refractivity contribution in [2.24, 2.45) is 0 Å². The maximum atomic E-state index is 12.2. The number of hydroxylamine groups is 1. The number of nitrogens with one attached hydrogen (secondary N) is 1. The minimum Gasteiger partial charge on any atom is -0.534 e. The van der Waals surface area contributed by atoms with Crippen LogP contribution in [0.2, 0.25) is 0 Å². The number of amides is 1. The van der Waals surface area contributed by atoms with E-state index in [-0.39, 0.29) is 5.91 Å². The Morgan fingerprint density at radius 2 is 2.28 bits per heavy atom. The van der Waals surface area contributed by atoms with Gasteiger partial charge in [-0.15, -0.1) is 0 Å². The van der Waals surface area contributed by atoms with Gasteiger partial charge in [0.25, 0.3) is 5.91 Å². The summed E-state index contributed by atoms with van der Waals surface area (Å²) in [4.78, 5) is 25.5. The molecule has 1 aliphatic rings. The average Bonchev–Trinajstić information content (AvgIpc) is 2.92. The highest BCUT2D eigenvalue weighted by atomic mass is 16.7. The van der Waals surface area contributed by atoms with E-state index in [1.807, 2.05) is 6.07 Å². The van der Waals surface area contributed by atoms with Crippen LogP contribution in [-0.4, -0.2) is 35.0 Å². The van der Waals surface area contributed by atoms with Crippen LogP contribution in [0, 0.1) is 0 Å². The zero-order valence-corrected chi connectivity index (χ0v) is 9.66. The molecule has 0 saturated carbocycles. The number of nitrogens with zero attached hydrogens (tertiary/aromatic N) is 2. The van der Waals surface area contributed by atoms with Crippen LogP contribution >= 0.6 is 0 Å². The number of H-pyrrole nitrogens is 1. The molecule has 1 amide bonds. The second kappa shape index (κ2) is 4.19. The molecule has 0 spiro atoms. The number of hydrogen-bond acceptors (Lipinski definition) is 4. The summed E-state index contributed by atoms with van der Waals surface area (Å²) in [5.41, 5.74) is 0.988. The van der Waals surface area contributed by atoms with E-state index in [1.165, 1.54) is 7.11 Å². The lowest BCUT2D eigenvalue weighted by molar-refractivity contribution is -0.0438. The first-order valence-electron chi connectivity index (χ1n) is 5.44. The second-order valence-electron chi connectivity index (χ2n) is 3.75. The molecule has 1 aromatic heterocycles. The SMILES string of the molecule is CON1B(c2ncc[nH]2)Oc2ccccc2C1=O. The number of para-hydroxylation sites is 1. The lowest BCUT2D eigenvalue weighted by Crippen LogP contribution is -2.58. The summed E-state index contributed by atoms with van der Waals surface area (Å²) in [5, 5.41) is 0. The van der Waals surface area contributed by atoms with Crippen molar-refractivity contribution in [3.8, 4) is 5.75 Å². The number of fused-ring (bicyclic) bond motifs is 1. The minimum atomic E-state index is -0.701. The van der Waals surface area contributed by atoms with Crippen molar-refractivity contribution in [3.63, 3.8) is 0 Å². The van der Waals surface area contributed by atoms with Crippen molar-refractivity contribution in [2.45, 2.75) is 0 Å². The Labute approximate surface area is 104 Å². The fourth-order valence-corrected chi connectivity index (χ4v) is 1.90. The lowest BCUT2D eigenvalue weighted by Gasteiger charge is -2.30. The molecule has 1 aromatic carbocycles. The van der Waals surface area contributed by atoms with Crippen LogP contribution in [0.15, 0.2) is 36.7 Å². The van der Waals surface area contributed by atoms with Gasteiger partial charge in [-0.05, 0) is 12.1 Å². The minimum absolute atomic E-state index is 0.249. The summed E-state index contributed by atoms with van der Waals surface area (Å²) in [6.07, 6.45) is 3.26. The number of aromatic nitrogens is 2. The third kappa shape index (κ3) is 1.56. The van der Waals surface area contributed by atoms with Crippen molar-refractivity contribution >= 4 is 18.7 Å². The number of hydrogen-bond donors (Lipinski definition) is 1. The molecule has 90 valence electrons. The molecule has 6 nitrogen and oxygen atoms in total. The number of rotatable bonds is 2. The van der Waals surface area contributed by atoms with Gasteiger partial charge in [0.1, 0.15) is 11.5 Å². The lowest BCUT2D eigenvalue weighted by atomic mass is 9.78. The summed E-state index contributed by atoms with van der Waals surface area (Å²) in [7, 11) is 0.720. The first kappa shape index (κ1) is 10.9. The van der Waals surface area contributed by atoms with Gasteiger partial charge in [-0.3, -0.25) is 9.63 Å². The van der Waals surface area contributed by atoms with Crippen molar-refractivity contribution in [1.29, 1.82) is 0 Å². The zero-order chi connectivity index (χ0) is 12.5. The van der Waals surface area contributed by atoms with E-state index in [0.29, 0.717) is 17.0 Å². The van der Waals surface area contributed by atoms with Gasteiger partial charge in [0.15, 0.2) is 0 Å². The largest absolute Gasteiger partial charge is 0.585 e. The maximum Gasteiger partial charge on any atom is 0.585 e. The summed E-state index contributed by atoms with van der Waals surface area (Å²) in [6, 6.07) is 7.03. The summed E-state index contributed by atoms with van der Waals surface area (Å²) in [5.74, 6) is 0.276. The van der Waals surface area contributed by atoms with Gasteiger partial charge < -0.3 is 9.64 Å². The van der Waals surface area contributed by atoms with E-state index in [9.17, 15) is 4.79 Å². The van der Waals surface area contributed by atoms with E-state index in [4.69, 9.17) is 9.49 Å². The monoisotopic (exact) mass is 243 g/mol. The average molecular weight is 243 g/mol.